The first-order chi connectivity index (χ1) is 8.74. The third-order valence-corrected chi connectivity index (χ3v) is 2.50. The van der Waals surface area contributed by atoms with Crippen LogP contribution in [0, 0.1) is 0 Å². The molecule has 0 saturated heterocycles. The van der Waals surface area contributed by atoms with E-state index in [0.717, 1.165) is 16.8 Å². The topological polar surface area (TPSA) is 75.4 Å². The van der Waals surface area contributed by atoms with E-state index in [1.54, 1.807) is 0 Å². The first-order valence-electron chi connectivity index (χ1n) is 5.63. The Balaban J connectivity index is 1.81. The zero-order chi connectivity index (χ0) is 12.8. The Hall–Kier alpha value is -2.14. The highest BCUT2D eigenvalue weighted by molar-refractivity contribution is 5.70. The largest absolute Gasteiger partial charge is 0.481 e. The van der Waals surface area contributed by atoms with Gasteiger partial charge in [0.05, 0.1) is 12.1 Å². The van der Waals surface area contributed by atoms with Crippen molar-refractivity contribution < 1.29 is 14.4 Å². The van der Waals surface area contributed by atoms with Gasteiger partial charge >= 0.3 is 5.97 Å². The van der Waals surface area contributed by atoms with Crippen LogP contribution in [0.15, 0.2) is 41.1 Å². The smallest absolute Gasteiger partial charge is 0.307 e. The maximum atomic E-state index is 10.5. The van der Waals surface area contributed by atoms with Crippen LogP contribution < -0.4 is 5.32 Å². The van der Waals surface area contributed by atoms with Crippen LogP contribution in [0.4, 0.5) is 0 Å². The molecule has 18 heavy (non-hydrogen) atoms. The quantitative estimate of drug-likeness (QED) is 0.809. The Morgan fingerprint density at radius 3 is 2.50 bits per heavy atom. The summed E-state index contributed by atoms with van der Waals surface area (Å²) in [4.78, 5) is 10.5. The van der Waals surface area contributed by atoms with Crippen LogP contribution >= 0.6 is 0 Å². The van der Waals surface area contributed by atoms with Crippen molar-refractivity contribution in [2.24, 2.45) is 0 Å². The molecular weight excluding hydrogens is 232 g/mol. The van der Waals surface area contributed by atoms with Crippen molar-refractivity contribution in [1.29, 1.82) is 0 Å². The number of nitrogens with one attached hydrogen (secondary N) is 1. The average Bonchev–Trinajstić information content (AvgIpc) is 2.84. The predicted molar refractivity (Wildman–Crippen MR) is 64.8 cm³/mol. The summed E-state index contributed by atoms with van der Waals surface area (Å²) >= 11 is 0. The van der Waals surface area contributed by atoms with E-state index < -0.39 is 5.97 Å². The Bertz CT molecular complexity index is 491. The molecule has 1 aromatic carbocycles. The van der Waals surface area contributed by atoms with Gasteiger partial charge in [-0.2, -0.15) is 0 Å². The number of nitrogens with zero attached hydrogens (tertiary/aromatic N) is 1. The lowest BCUT2D eigenvalue weighted by molar-refractivity contribution is -0.136. The maximum Gasteiger partial charge on any atom is 0.307 e. The van der Waals surface area contributed by atoms with Gasteiger partial charge in [0, 0.05) is 19.2 Å². The number of aliphatic carboxylic acids is 1. The minimum atomic E-state index is -0.813. The van der Waals surface area contributed by atoms with Gasteiger partial charge in [0.15, 0.2) is 0 Å². The van der Waals surface area contributed by atoms with E-state index in [2.05, 4.69) is 10.5 Å². The fourth-order valence-corrected chi connectivity index (χ4v) is 1.61. The van der Waals surface area contributed by atoms with Gasteiger partial charge in [-0.15, -0.1) is 0 Å². The van der Waals surface area contributed by atoms with Crippen molar-refractivity contribution in [3.63, 3.8) is 0 Å². The molecule has 0 saturated carbocycles. The first kappa shape index (κ1) is 12.3. The van der Waals surface area contributed by atoms with E-state index in [0.29, 0.717) is 13.1 Å². The van der Waals surface area contributed by atoms with Crippen molar-refractivity contribution in [3.8, 4) is 0 Å². The summed E-state index contributed by atoms with van der Waals surface area (Å²) in [6, 6.07) is 9.33. The van der Waals surface area contributed by atoms with Crippen molar-refractivity contribution in [2.45, 2.75) is 19.5 Å². The van der Waals surface area contributed by atoms with Crippen LogP contribution in [-0.4, -0.2) is 16.2 Å². The monoisotopic (exact) mass is 246 g/mol. The Kier molecular flexibility index (Phi) is 4.09. The lowest BCUT2D eigenvalue weighted by Crippen LogP contribution is -2.12. The number of hydrogen-bond donors (Lipinski definition) is 2. The van der Waals surface area contributed by atoms with Gasteiger partial charge in [0.25, 0.3) is 0 Å². The molecule has 0 fully saturated rings. The summed E-state index contributed by atoms with van der Waals surface area (Å²) in [7, 11) is 0. The number of carboxylic acids is 1. The second-order valence-corrected chi connectivity index (χ2v) is 3.98. The molecule has 0 unspecified atom stereocenters. The van der Waals surface area contributed by atoms with Gasteiger partial charge in [0.1, 0.15) is 6.26 Å². The minimum Gasteiger partial charge on any atom is -0.481 e. The molecule has 0 atom stereocenters. The molecule has 0 amide bonds. The van der Waals surface area contributed by atoms with Gasteiger partial charge in [-0.25, -0.2) is 0 Å². The Morgan fingerprint density at radius 2 is 1.89 bits per heavy atom. The highest BCUT2D eigenvalue weighted by Crippen LogP contribution is 2.05. The minimum absolute atomic E-state index is 0.0622. The number of carboxylic acid groups (broad SMARTS) is 1. The SMILES string of the molecule is O=C(O)Cc1ccc(CNCc2ccon2)cc1. The number of rotatable bonds is 6. The lowest BCUT2D eigenvalue weighted by atomic mass is 10.1. The molecule has 5 nitrogen and oxygen atoms in total. The molecule has 2 rings (SSSR count). The normalized spacial score (nSPS) is 10.4. The summed E-state index contributed by atoms with van der Waals surface area (Å²) in [5.74, 6) is -0.813. The summed E-state index contributed by atoms with van der Waals surface area (Å²) in [6.07, 6.45) is 1.60. The fourth-order valence-electron chi connectivity index (χ4n) is 1.61. The molecule has 1 aromatic heterocycles. The summed E-state index contributed by atoms with van der Waals surface area (Å²) in [5, 5.41) is 15.7. The highest BCUT2D eigenvalue weighted by Gasteiger charge is 2.00. The third kappa shape index (κ3) is 3.71. The van der Waals surface area contributed by atoms with Crippen LogP contribution in [0.25, 0.3) is 0 Å². The second-order valence-electron chi connectivity index (χ2n) is 3.98. The average molecular weight is 246 g/mol. The number of aromatic nitrogens is 1. The van der Waals surface area contributed by atoms with Crippen LogP contribution in [0.1, 0.15) is 16.8 Å². The number of hydrogen-bond acceptors (Lipinski definition) is 4. The molecule has 2 N–H and O–H groups in total. The van der Waals surface area contributed by atoms with E-state index in [4.69, 9.17) is 9.63 Å². The molecule has 0 aliphatic heterocycles. The van der Waals surface area contributed by atoms with Crippen LogP contribution in [0.5, 0.6) is 0 Å². The summed E-state index contributed by atoms with van der Waals surface area (Å²) in [6.45, 7) is 1.35. The molecule has 0 spiro atoms. The van der Waals surface area contributed by atoms with Gasteiger partial charge in [-0.05, 0) is 11.1 Å². The summed E-state index contributed by atoms with van der Waals surface area (Å²) in [5.41, 5.74) is 2.77. The second kappa shape index (κ2) is 5.97. The van der Waals surface area contributed by atoms with Crippen molar-refractivity contribution in [1.82, 2.24) is 10.5 Å². The van der Waals surface area contributed by atoms with Crippen LogP contribution in [0.3, 0.4) is 0 Å². The van der Waals surface area contributed by atoms with Crippen molar-refractivity contribution in [3.05, 3.63) is 53.4 Å². The predicted octanol–water partition coefficient (Wildman–Crippen LogP) is 1.59. The molecule has 0 aliphatic rings. The molecule has 0 bridgehead atoms. The van der Waals surface area contributed by atoms with Gasteiger partial charge in [-0.3, -0.25) is 4.79 Å². The highest BCUT2D eigenvalue weighted by atomic mass is 16.5. The van der Waals surface area contributed by atoms with Crippen molar-refractivity contribution in [2.75, 3.05) is 0 Å². The molecular formula is C13H14N2O3. The van der Waals surface area contributed by atoms with Crippen molar-refractivity contribution >= 4 is 5.97 Å². The molecule has 0 aliphatic carbocycles. The molecule has 5 heteroatoms. The Morgan fingerprint density at radius 1 is 1.17 bits per heavy atom. The zero-order valence-electron chi connectivity index (χ0n) is 9.80. The van der Waals surface area contributed by atoms with Gasteiger partial charge in [0.2, 0.25) is 0 Å². The zero-order valence-corrected chi connectivity index (χ0v) is 9.80. The molecule has 0 radical (unpaired) electrons. The number of carbonyl (C=O) groups is 1. The van der Waals surface area contributed by atoms with Crippen LogP contribution in [-0.2, 0) is 24.3 Å². The fraction of sp³-hybridized carbons (Fsp3) is 0.231. The molecule has 2 aromatic rings. The molecule has 1 heterocycles. The van der Waals surface area contributed by atoms with Gasteiger partial charge in [-0.1, -0.05) is 29.4 Å². The summed E-state index contributed by atoms with van der Waals surface area (Å²) < 4.78 is 4.72. The van der Waals surface area contributed by atoms with E-state index >= 15 is 0 Å². The first-order valence-corrected chi connectivity index (χ1v) is 5.63. The van der Waals surface area contributed by atoms with Gasteiger partial charge < -0.3 is 14.9 Å². The standard InChI is InChI=1S/C13H14N2O3/c16-13(17)7-10-1-3-11(4-2-10)8-14-9-12-5-6-18-15-12/h1-6,14H,7-9H2,(H,16,17). The van der Waals surface area contributed by atoms with Crippen LogP contribution in [0.2, 0.25) is 0 Å². The third-order valence-electron chi connectivity index (χ3n) is 2.50. The Labute approximate surface area is 104 Å². The number of benzene rings is 1. The van der Waals surface area contributed by atoms with E-state index in [1.807, 2.05) is 30.3 Å². The van der Waals surface area contributed by atoms with E-state index in [9.17, 15) is 4.79 Å². The van der Waals surface area contributed by atoms with E-state index in [-0.39, 0.29) is 6.42 Å². The van der Waals surface area contributed by atoms with E-state index in [1.165, 1.54) is 6.26 Å². The maximum absolute atomic E-state index is 10.5. The molecule has 94 valence electrons. The lowest BCUT2D eigenvalue weighted by Gasteiger charge is -2.04.